The minimum absolute atomic E-state index is 0.316. The Morgan fingerprint density at radius 2 is 2.07 bits per heavy atom. The minimum atomic E-state index is -0.520. The van der Waals surface area contributed by atoms with Crippen molar-refractivity contribution in [3.8, 4) is 5.75 Å². The molecule has 0 aliphatic heterocycles. The maximum atomic E-state index is 13.0. The highest BCUT2D eigenvalue weighted by Crippen LogP contribution is 2.18. The van der Waals surface area contributed by atoms with Gasteiger partial charge in [0.15, 0.2) is 0 Å². The Morgan fingerprint density at radius 3 is 2.60 bits per heavy atom. The van der Waals surface area contributed by atoms with Crippen molar-refractivity contribution in [2.45, 2.75) is 39.4 Å². The molecule has 1 N–H and O–H groups in total. The number of aliphatic hydroxyl groups excluding tert-OH is 1. The highest BCUT2D eigenvalue weighted by Gasteiger charge is 2.13. The first kappa shape index (κ1) is 12.0. The molecule has 0 spiro atoms. The normalized spacial score (nSPS) is 14.7. The lowest BCUT2D eigenvalue weighted by Gasteiger charge is -2.19. The smallest absolute Gasteiger partial charge is 0.127 e. The van der Waals surface area contributed by atoms with Crippen molar-refractivity contribution in [2.24, 2.45) is 0 Å². The molecule has 2 atom stereocenters. The fourth-order valence-electron chi connectivity index (χ4n) is 1.40. The minimum Gasteiger partial charge on any atom is -0.488 e. The lowest BCUT2D eigenvalue weighted by atomic mass is 10.2. The second-order valence-electron chi connectivity index (χ2n) is 3.76. The van der Waals surface area contributed by atoms with Crippen LogP contribution in [0.3, 0.4) is 0 Å². The van der Waals surface area contributed by atoms with Gasteiger partial charge in [-0.05, 0) is 38.0 Å². The lowest BCUT2D eigenvalue weighted by molar-refractivity contribution is 0.0449. The molecule has 15 heavy (non-hydrogen) atoms. The van der Waals surface area contributed by atoms with Gasteiger partial charge in [0.05, 0.1) is 6.10 Å². The Morgan fingerprint density at radius 1 is 1.40 bits per heavy atom. The van der Waals surface area contributed by atoms with Crippen molar-refractivity contribution in [3.05, 3.63) is 29.6 Å². The molecular formula is C12H17FO2. The topological polar surface area (TPSA) is 29.5 Å². The Labute approximate surface area is 89.7 Å². The number of halogens is 1. The summed E-state index contributed by atoms with van der Waals surface area (Å²) < 4.78 is 18.5. The van der Waals surface area contributed by atoms with Gasteiger partial charge in [-0.25, -0.2) is 4.39 Å². The molecule has 1 aromatic carbocycles. The first-order valence-corrected chi connectivity index (χ1v) is 5.15. The molecule has 0 aliphatic carbocycles. The van der Waals surface area contributed by atoms with Gasteiger partial charge in [-0.15, -0.1) is 0 Å². The van der Waals surface area contributed by atoms with Crippen LogP contribution in [0.2, 0.25) is 0 Å². The molecular weight excluding hydrogens is 195 g/mol. The summed E-state index contributed by atoms with van der Waals surface area (Å²) in [5.41, 5.74) is 0.809. The Balaban J connectivity index is 2.72. The number of hydrogen-bond donors (Lipinski definition) is 1. The molecule has 0 heterocycles. The molecule has 0 unspecified atom stereocenters. The standard InChI is InChI=1S/C12H17FO2/c1-4-12(14)9(3)15-11-6-8(2)5-10(13)7-11/h5-7,9,12,14H,4H2,1-3H3/t9-,12+/m0/s1. The van der Waals surface area contributed by atoms with Crippen LogP contribution in [0.5, 0.6) is 5.75 Å². The Hall–Kier alpha value is -1.09. The third-order valence-corrected chi connectivity index (χ3v) is 2.30. The van der Waals surface area contributed by atoms with Crippen LogP contribution in [-0.2, 0) is 0 Å². The number of benzene rings is 1. The molecule has 0 saturated heterocycles. The van der Waals surface area contributed by atoms with Crippen LogP contribution in [0.15, 0.2) is 18.2 Å². The SMILES string of the molecule is CC[C@@H](O)[C@H](C)Oc1cc(C)cc(F)c1. The first-order chi connectivity index (χ1) is 7.02. The average molecular weight is 212 g/mol. The lowest BCUT2D eigenvalue weighted by Crippen LogP contribution is -2.27. The van der Waals surface area contributed by atoms with Crippen molar-refractivity contribution >= 4 is 0 Å². The molecule has 0 radical (unpaired) electrons. The number of ether oxygens (including phenoxy) is 1. The Kier molecular flexibility index (Phi) is 4.09. The summed E-state index contributed by atoms with van der Waals surface area (Å²) in [6.07, 6.45) is -0.222. The van der Waals surface area contributed by atoms with E-state index in [9.17, 15) is 9.50 Å². The van der Waals surface area contributed by atoms with Crippen molar-refractivity contribution in [3.63, 3.8) is 0 Å². The van der Waals surface area contributed by atoms with Gasteiger partial charge in [0, 0.05) is 6.07 Å². The summed E-state index contributed by atoms with van der Waals surface area (Å²) >= 11 is 0. The average Bonchev–Trinajstić information content (AvgIpc) is 2.14. The third kappa shape index (κ3) is 3.51. The molecule has 3 heteroatoms. The van der Waals surface area contributed by atoms with Gasteiger partial charge in [-0.2, -0.15) is 0 Å². The predicted octanol–water partition coefficient (Wildman–Crippen LogP) is 2.67. The van der Waals surface area contributed by atoms with Crippen molar-refractivity contribution in [2.75, 3.05) is 0 Å². The fourth-order valence-corrected chi connectivity index (χ4v) is 1.40. The third-order valence-electron chi connectivity index (χ3n) is 2.30. The summed E-state index contributed by atoms with van der Waals surface area (Å²) in [7, 11) is 0. The Bertz CT molecular complexity index is 305. The summed E-state index contributed by atoms with van der Waals surface area (Å²) in [5, 5.41) is 9.51. The van der Waals surface area contributed by atoms with Crippen molar-refractivity contribution < 1.29 is 14.2 Å². The van der Waals surface area contributed by atoms with Gasteiger partial charge in [0.1, 0.15) is 17.7 Å². The summed E-state index contributed by atoms with van der Waals surface area (Å²) in [4.78, 5) is 0. The van der Waals surface area contributed by atoms with Gasteiger partial charge >= 0.3 is 0 Å². The molecule has 0 amide bonds. The fraction of sp³-hybridized carbons (Fsp3) is 0.500. The predicted molar refractivity (Wildman–Crippen MR) is 57.5 cm³/mol. The van der Waals surface area contributed by atoms with E-state index in [1.165, 1.54) is 12.1 Å². The molecule has 2 nitrogen and oxygen atoms in total. The largest absolute Gasteiger partial charge is 0.488 e. The van der Waals surface area contributed by atoms with E-state index in [1.807, 2.05) is 6.92 Å². The molecule has 0 saturated carbocycles. The van der Waals surface area contributed by atoms with Crippen LogP contribution in [0.4, 0.5) is 4.39 Å². The summed E-state index contributed by atoms with van der Waals surface area (Å²) in [6.45, 7) is 5.45. The number of aryl methyl sites for hydroxylation is 1. The quantitative estimate of drug-likeness (QED) is 0.831. The molecule has 0 fully saturated rings. The molecule has 0 bridgehead atoms. The number of rotatable bonds is 4. The number of aliphatic hydroxyl groups is 1. The monoisotopic (exact) mass is 212 g/mol. The highest BCUT2D eigenvalue weighted by atomic mass is 19.1. The van der Waals surface area contributed by atoms with E-state index in [0.717, 1.165) is 5.56 Å². The number of hydrogen-bond acceptors (Lipinski definition) is 2. The van der Waals surface area contributed by atoms with Crippen LogP contribution in [0.1, 0.15) is 25.8 Å². The van der Waals surface area contributed by atoms with Gasteiger partial charge < -0.3 is 9.84 Å². The van der Waals surface area contributed by atoms with E-state index < -0.39 is 6.10 Å². The molecule has 0 aromatic heterocycles. The van der Waals surface area contributed by atoms with E-state index in [-0.39, 0.29) is 11.9 Å². The van der Waals surface area contributed by atoms with Gasteiger partial charge in [0.2, 0.25) is 0 Å². The van der Waals surface area contributed by atoms with Crippen LogP contribution >= 0.6 is 0 Å². The first-order valence-electron chi connectivity index (χ1n) is 5.15. The maximum Gasteiger partial charge on any atom is 0.127 e. The second kappa shape index (κ2) is 5.12. The van der Waals surface area contributed by atoms with Gasteiger partial charge in [-0.3, -0.25) is 0 Å². The van der Waals surface area contributed by atoms with E-state index in [0.29, 0.717) is 12.2 Å². The maximum absolute atomic E-state index is 13.0. The molecule has 1 rings (SSSR count). The van der Waals surface area contributed by atoms with Crippen molar-refractivity contribution in [1.29, 1.82) is 0 Å². The summed E-state index contributed by atoms with van der Waals surface area (Å²) in [5.74, 6) is 0.149. The van der Waals surface area contributed by atoms with Crippen LogP contribution in [0, 0.1) is 12.7 Å². The zero-order valence-corrected chi connectivity index (χ0v) is 9.33. The van der Waals surface area contributed by atoms with Crippen molar-refractivity contribution in [1.82, 2.24) is 0 Å². The van der Waals surface area contributed by atoms with Crippen LogP contribution < -0.4 is 4.74 Å². The molecule has 84 valence electrons. The van der Waals surface area contributed by atoms with E-state index in [4.69, 9.17) is 4.74 Å². The van der Waals surface area contributed by atoms with Gasteiger partial charge in [0.25, 0.3) is 0 Å². The zero-order valence-electron chi connectivity index (χ0n) is 9.33. The molecule has 1 aromatic rings. The van der Waals surface area contributed by atoms with E-state index >= 15 is 0 Å². The second-order valence-corrected chi connectivity index (χ2v) is 3.76. The summed E-state index contributed by atoms with van der Waals surface area (Å²) in [6, 6.07) is 4.52. The highest BCUT2D eigenvalue weighted by molar-refractivity contribution is 5.28. The van der Waals surface area contributed by atoms with Crippen LogP contribution in [0.25, 0.3) is 0 Å². The van der Waals surface area contributed by atoms with E-state index in [2.05, 4.69) is 0 Å². The van der Waals surface area contributed by atoms with E-state index in [1.54, 1.807) is 19.9 Å². The van der Waals surface area contributed by atoms with Crippen LogP contribution in [-0.4, -0.2) is 17.3 Å². The molecule has 0 aliphatic rings. The van der Waals surface area contributed by atoms with Gasteiger partial charge in [-0.1, -0.05) is 6.92 Å². The zero-order chi connectivity index (χ0) is 11.4.